The zero-order chi connectivity index (χ0) is 14.6. The highest BCUT2D eigenvalue weighted by Crippen LogP contribution is 2.22. The lowest BCUT2D eigenvalue weighted by Gasteiger charge is -2.11. The van der Waals surface area contributed by atoms with Gasteiger partial charge in [0.15, 0.2) is 0 Å². The molecule has 0 bridgehead atoms. The van der Waals surface area contributed by atoms with Crippen LogP contribution in [0.25, 0.3) is 0 Å². The largest absolute Gasteiger partial charge is 0.380 e. The molecule has 106 valence electrons. The molecule has 0 aromatic heterocycles. The van der Waals surface area contributed by atoms with Gasteiger partial charge in [0.25, 0.3) is 15.0 Å². The Bertz CT molecular complexity index is 576. The number of carbonyl (C=O) groups excluding carboxylic acids is 1. The quantitative estimate of drug-likeness (QED) is 0.806. The summed E-state index contributed by atoms with van der Waals surface area (Å²) in [5.41, 5.74) is 0.205. The smallest absolute Gasteiger partial charge is 0.261 e. The standard InChI is InChI=1S/C11H13BrClNO4S/c1-7(18-2)6-14-11(15)8-3-9(12)5-10(4-8)19(13,16)17/h3-5,7H,6H2,1-2H3,(H,14,15). The van der Waals surface area contributed by atoms with Crippen LogP contribution >= 0.6 is 26.6 Å². The van der Waals surface area contributed by atoms with Crippen LogP contribution in [0.2, 0.25) is 0 Å². The van der Waals surface area contributed by atoms with E-state index in [2.05, 4.69) is 21.2 Å². The summed E-state index contributed by atoms with van der Waals surface area (Å²) in [5, 5.41) is 2.63. The van der Waals surface area contributed by atoms with Crippen molar-refractivity contribution in [1.82, 2.24) is 5.32 Å². The minimum Gasteiger partial charge on any atom is -0.380 e. The van der Waals surface area contributed by atoms with Crippen LogP contribution in [0.4, 0.5) is 0 Å². The summed E-state index contributed by atoms with van der Waals surface area (Å²) >= 11 is 3.14. The van der Waals surface area contributed by atoms with Crippen LogP contribution in [0.5, 0.6) is 0 Å². The summed E-state index contributed by atoms with van der Waals surface area (Å²) in [5.74, 6) is -0.397. The molecule has 0 saturated carbocycles. The Labute approximate surface area is 124 Å². The summed E-state index contributed by atoms with van der Waals surface area (Å²) in [6, 6.07) is 4.06. The van der Waals surface area contributed by atoms with Crippen molar-refractivity contribution in [3.05, 3.63) is 28.2 Å². The van der Waals surface area contributed by atoms with Crippen LogP contribution < -0.4 is 5.32 Å². The summed E-state index contributed by atoms with van der Waals surface area (Å²) in [4.78, 5) is 11.7. The number of hydrogen-bond acceptors (Lipinski definition) is 4. The van der Waals surface area contributed by atoms with Crippen LogP contribution in [0.15, 0.2) is 27.6 Å². The van der Waals surface area contributed by atoms with Crippen LogP contribution in [0.1, 0.15) is 17.3 Å². The first kappa shape index (κ1) is 16.4. The average Bonchev–Trinajstić information content (AvgIpc) is 2.33. The van der Waals surface area contributed by atoms with Gasteiger partial charge in [0.05, 0.1) is 11.0 Å². The Kier molecular flexibility index (Phi) is 5.79. The van der Waals surface area contributed by atoms with Gasteiger partial charge >= 0.3 is 0 Å². The van der Waals surface area contributed by atoms with E-state index in [9.17, 15) is 13.2 Å². The number of ether oxygens (including phenoxy) is 1. The number of amides is 1. The lowest BCUT2D eigenvalue weighted by Crippen LogP contribution is -2.31. The van der Waals surface area contributed by atoms with Crippen LogP contribution in [-0.4, -0.2) is 34.1 Å². The molecule has 0 radical (unpaired) electrons. The first-order chi connectivity index (χ1) is 8.74. The van der Waals surface area contributed by atoms with Crippen molar-refractivity contribution in [3.8, 4) is 0 Å². The second-order valence-corrected chi connectivity index (χ2v) is 7.35. The fourth-order valence-corrected chi connectivity index (χ4v) is 2.70. The Balaban J connectivity index is 2.95. The summed E-state index contributed by atoms with van der Waals surface area (Å²) in [7, 11) is 2.91. The van der Waals surface area contributed by atoms with Gasteiger partial charge in [-0.05, 0) is 25.1 Å². The Morgan fingerprint density at radius 1 is 1.47 bits per heavy atom. The highest BCUT2D eigenvalue weighted by atomic mass is 79.9. The third-order valence-electron chi connectivity index (χ3n) is 2.37. The van der Waals surface area contributed by atoms with Crippen molar-refractivity contribution in [2.45, 2.75) is 17.9 Å². The Morgan fingerprint density at radius 3 is 2.63 bits per heavy atom. The van der Waals surface area contributed by atoms with Gasteiger partial charge < -0.3 is 10.1 Å². The maximum Gasteiger partial charge on any atom is 0.261 e. The van der Waals surface area contributed by atoms with Crippen LogP contribution in [0, 0.1) is 0 Å². The number of halogens is 2. The minimum absolute atomic E-state index is 0.131. The van der Waals surface area contributed by atoms with E-state index < -0.39 is 15.0 Å². The van der Waals surface area contributed by atoms with Crippen molar-refractivity contribution < 1.29 is 17.9 Å². The average molecular weight is 371 g/mol. The van der Waals surface area contributed by atoms with E-state index >= 15 is 0 Å². The summed E-state index contributed by atoms with van der Waals surface area (Å²) in [6.07, 6.45) is -0.132. The third-order valence-corrected chi connectivity index (χ3v) is 4.16. The lowest BCUT2D eigenvalue weighted by atomic mass is 10.2. The number of methoxy groups -OCH3 is 1. The molecule has 1 aromatic carbocycles. The van der Waals surface area contributed by atoms with Crippen molar-refractivity contribution in [2.24, 2.45) is 0 Å². The molecule has 8 heteroatoms. The second-order valence-electron chi connectivity index (χ2n) is 3.87. The van der Waals surface area contributed by atoms with Gasteiger partial charge in [-0.15, -0.1) is 0 Å². The highest BCUT2D eigenvalue weighted by Gasteiger charge is 2.15. The molecular weight excluding hydrogens is 358 g/mol. The van der Waals surface area contributed by atoms with Gasteiger partial charge in [0, 0.05) is 34.4 Å². The lowest BCUT2D eigenvalue weighted by molar-refractivity contribution is 0.0870. The van der Waals surface area contributed by atoms with Gasteiger partial charge in [-0.25, -0.2) is 8.42 Å². The molecule has 19 heavy (non-hydrogen) atoms. The Morgan fingerprint density at radius 2 is 2.11 bits per heavy atom. The molecule has 0 saturated heterocycles. The zero-order valence-electron chi connectivity index (χ0n) is 10.3. The first-order valence-electron chi connectivity index (χ1n) is 5.30. The van der Waals surface area contributed by atoms with Crippen LogP contribution in [0.3, 0.4) is 0 Å². The predicted octanol–water partition coefficient (Wildman–Crippen LogP) is 2.14. The van der Waals surface area contributed by atoms with E-state index in [-0.39, 0.29) is 16.6 Å². The predicted molar refractivity (Wildman–Crippen MR) is 76.0 cm³/mol. The number of nitrogens with one attached hydrogen (secondary N) is 1. The monoisotopic (exact) mass is 369 g/mol. The molecule has 0 fully saturated rings. The van der Waals surface area contributed by atoms with Crippen molar-refractivity contribution in [1.29, 1.82) is 0 Å². The highest BCUT2D eigenvalue weighted by molar-refractivity contribution is 9.10. The normalized spacial score (nSPS) is 13.1. The topological polar surface area (TPSA) is 72.5 Å². The molecule has 0 aliphatic heterocycles. The summed E-state index contributed by atoms with van der Waals surface area (Å²) < 4.78 is 28.0. The van der Waals surface area contributed by atoms with E-state index in [0.717, 1.165) is 0 Å². The number of carbonyl (C=O) groups is 1. The van der Waals surface area contributed by atoms with E-state index in [1.807, 2.05) is 0 Å². The molecule has 1 atom stereocenters. The molecule has 5 nitrogen and oxygen atoms in total. The molecule has 1 N–H and O–H groups in total. The molecule has 1 aromatic rings. The summed E-state index contributed by atoms with van der Waals surface area (Å²) in [6.45, 7) is 2.13. The number of hydrogen-bond donors (Lipinski definition) is 1. The first-order valence-corrected chi connectivity index (χ1v) is 8.40. The fraction of sp³-hybridized carbons (Fsp3) is 0.364. The number of benzene rings is 1. The Hall–Kier alpha value is -0.630. The number of rotatable bonds is 5. The molecule has 0 aliphatic rings. The molecule has 1 unspecified atom stereocenters. The molecule has 1 rings (SSSR count). The van der Waals surface area contributed by atoms with Crippen molar-refractivity contribution >= 4 is 41.6 Å². The van der Waals surface area contributed by atoms with Gasteiger partial charge in [-0.2, -0.15) is 0 Å². The minimum atomic E-state index is -3.88. The van der Waals surface area contributed by atoms with Gasteiger partial charge in [0.2, 0.25) is 0 Å². The molecule has 0 aliphatic carbocycles. The molecular formula is C11H13BrClNO4S. The maximum atomic E-state index is 11.9. The SMILES string of the molecule is COC(C)CNC(=O)c1cc(Br)cc(S(=O)(=O)Cl)c1. The van der Waals surface area contributed by atoms with E-state index in [4.69, 9.17) is 15.4 Å². The van der Waals surface area contributed by atoms with Gasteiger partial charge in [-0.3, -0.25) is 4.79 Å². The van der Waals surface area contributed by atoms with Crippen molar-refractivity contribution in [3.63, 3.8) is 0 Å². The molecule has 1 amide bonds. The maximum absolute atomic E-state index is 11.9. The van der Waals surface area contributed by atoms with Gasteiger partial charge in [-0.1, -0.05) is 15.9 Å². The molecule has 0 spiro atoms. The van der Waals surface area contributed by atoms with E-state index in [1.165, 1.54) is 25.3 Å². The van der Waals surface area contributed by atoms with Crippen molar-refractivity contribution in [2.75, 3.05) is 13.7 Å². The second kappa shape index (κ2) is 6.69. The molecule has 0 heterocycles. The van der Waals surface area contributed by atoms with Crippen LogP contribution in [-0.2, 0) is 13.8 Å². The third kappa shape index (κ3) is 5.10. The zero-order valence-corrected chi connectivity index (χ0v) is 13.5. The van der Waals surface area contributed by atoms with E-state index in [1.54, 1.807) is 6.92 Å². The van der Waals surface area contributed by atoms with Gasteiger partial charge in [0.1, 0.15) is 0 Å². The fourth-order valence-electron chi connectivity index (χ4n) is 1.26. The van der Waals surface area contributed by atoms with E-state index in [0.29, 0.717) is 11.0 Å².